The van der Waals surface area contributed by atoms with Gasteiger partial charge in [0, 0.05) is 24.8 Å². The molecular formula is C13H21N3O. The minimum atomic E-state index is -0.0655. The molecule has 1 aromatic heterocycles. The van der Waals surface area contributed by atoms with Gasteiger partial charge in [0.25, 0.3) is 5.91 Å². The van der Waals surface area contributed by atoms with E-state index in [2.05, 4.69) is 29.5 Å². The number of carbonyl (C=O) groups excluding carboxylic acids is 1. The molecule has 1 rings (SSSR count). The first-order valence-electron chi connectivity index (χ1n) is 6.18. The van der Waals surface area contributed by atoms with Crippen molar-refractivity contribution < 1.29 is 4.79 Å². The van der Waals surface area contributed by atoms with Gasteiger partial charge in [-0.15, -0.1) is 0 Å². The number of anilines is 1. The van der Waals surface area contributed by atoms with Crippen molar-refractivity contribution in [1.29, 1.82) is 0 Å². The van der Waals surface area contributed by atoms with Crippen LogP contribution in [0, 0.1) is 0 Å². The number of pyridine rings is 1. The van der Waals surface area contributed by atoms with Crippen molar-refractivity contribution in [3.05, 3.63) is 23.4 Å². The largest absolute Gasteiger partial charge is 0.370 e. The van der Waals surface area contributed by atoms with E-state index in [1.807, 2.05) is 6.07 Å². The summed E-state index contributed by atoms with van der Waals surface area (Å²) in [6.45, 7) is 5.08. The van der Waals surface area contributed by atoms with Gasteiger partial charge < -0.3 is 10.6 Å². The van der Waals surface area contributed by atoms with Gasteiger partial charge in [0.2, 0.25) is 0 Å². The Morgan fingerprint density at radius 3 is 2.65 bits per heavy atom. The number of carbonyl (C=O) groups is 1. The summed E-state index contributed by atoms with van der Waals surface area (Å²) in [7, 11) is 1.64. The predicted octanol–water partition coefficient (Wildman–Crippen LogP) is 2.22. The van der Waals surface area contributed by atoms with Crippen LogP contribution < -0.4 is 10.6 Å². The van der Waals surface area contributed by atoms with Crippen LogP contribution in [0.3, 0.4) is 0 Å². The molecule has 0 bridgehead atoms. The van der Waals surface area contributed by atoms with Crippen LogP contribution in [-0.4, -0.2) is 24.5 Å². The van der Waals surface area contributed by atoms with Gasteiger partial charge in [-0.05, 0) is 25.0 Å². The van der Waals surface area contributed by atoms with Gasteiger partial charge >= 0.3 is 0 Å². The average molecular weight is 235 g/mol. The highest BCUT2D eigenvalue weighted by atomic mass is 16.1. The van der Waals surface area contributed by atoms with Gasteiger partial charge in [0.15, 0.2) is 0 Å². The lowest BCUT2D eigenvalue weighted by Crippen LogP contribution is -2.19. The number of hydrogen-bond donors (Lipinski definition) is 2. The van der Waals surface area contributed by atoms with E-state index in [-0.39, 0.29) is 5.91 Å². The second-order valence-electron chi connectivity index (χ2n) is 3.99. The Labute approximate surface area is 103 Å². The Balaban J connectivity index is 2.96. The van der Waals surface area contributed by atoms with Gasteiger partial charge in [-0.25, -0.2) is 4.98 Å². The molecule has 4 nitrogen and oxygen atoms in total. The summed E-state index contributed by atoms with van der Waals surface area (Å²) in [5.41, 5.74) is 1.64. The van der Waals surface area contributed by atoms with Gasteiger partial charge in [-0.2, -0.15) is 0 Å². The molecule has 0 saturated carbocycles. The SMILES string of the molecule is CCCNc1cc(C(=O)NC)cc(CCC)n1. The summed E-state index contributed by atoms with van der Waals surface area (Å²) in [6.07, 6.45) is 2.96. The monoisotopic (exact) mass is 235 g/mol. The van der Waals surface area contributed by atoms with Crippen molar-refractivity contribution in [2.75, 3.05) is 18.9 Å². The molecule has 1 heterocycles. The van der Waals surface area contributed by atoms with Crippen LogP contribution >= 0.6 is 0 Å². The summed E-state index contributed by atoms with van der Waals surface area (Å²) in [5, 5.41) is 5.86. The number of hydrogen-bond acceptors (Lipinski definition) is 3. The van der Waals surface area contributed by atoms with E-state index >= 15 is 0 Å². The lowest BCUT2D eigenvalue weighted by molar-refractivity contribution is 0.0963. The van der Waals surface area contributed by atoms with Crippen LogP contribution in [0.4, 0.5) is 5.82 Å². The molecular weight excluding hydrogens is 214 g/mol. The molecule has 0 unspecified atom stereocenters. The standard InChI is InChI=1S/C13H21N3O/c1-4-6-11-8-10(13(17)14-3)9-12(16-11)15-7-5-2/h8-9H,4-7H2,1-3H3,(H,14,17)(H,15,16). The van der Waals surface area contributed by atoms with Crippen molar-refractivity contribution in [2.45, 2.75) is 33.1 Å². The molecule has 1 amide bonds. The van der Waals surface area contributed by atoms with E-state index in [1.165, 1.54) is 0 Å². The normalized spacial score (nSPS) is 10.1. The van der Waals surface area contributed by atoms with E-state index in [4.69, 9.17) is 0 Å². The van der Waals surface area contributed by atoms with Gasteiger partial charge in [0.05, 0.1) is 0 Å². The molecule has 94 valence electrons. The highest BCUT2D eigenvalue weighted by Crippen LogP contribution is 2.12. The van der Waals surface area contributed by atoms with Gasteiger partial charge in [-0.1, -0.05) is 20.3 Å². The molecule has 0 saturated heterocycles. The van der Waals surface area contributed by atoms with Gasteiger partial charge in [0.1, 0.15) is 5.82 Å². The quantitative estimate of drug-likeness (QED) is 0.795. The van der Waals surface area contributed by atoms with Crippen molar-refractivity contribution >= 4 is 11.7 Å². The zero-order valence-corrected chi connectivity index (χ0v) is 10.8. The smallest absolute Gasteiger partial charge is 0.251 e. The van der Waals surface area contributed by atoms with Crippen molar-refractivity contribution in [1.82, 2.24) is 10.3 Å². The first-order valence-corrected chi connectivity index (χ1v) is 6.18. The molecule has 1 aromatic rings. The molecule has 2 N–H and O–H groups in total. The van der Waals surface area contributed by atoms with Crippen LogP contribution in [0.15, 0.2) is 12.1 Å². The minimum absolute atomic E-state index is 0.0655. The Hall–Kier alpha value is -1.58. The Kier molecular flexibility index (Phi) is 5.46. The van der Waals surface area contributed by atoms with Crippen LogP contribution in [-0.2, 0) is 6.42 Å². The maximum atomic E-state index is 11.6. The molecule has 0 fully saturated rings. The third-order valence-electron chi connectivity index (χ3n) is 2.43. The number of rotatable bonds is 6. The summed E-state index contributed by atoms with van der Waals surface area (Å²) in [6, 6.07) is 3.66. The van der Waals surface area contributed by atoms with Crippen LogP contribution in [0.2, 0.25) is 0 Å². The number of amides is 1. The molecule has 0 atom stereocenters. The Morgan fingerprint density at radius 2 is 2.06 bits per heavy atom. The zero-order valence-electron chi connectivity index (χ0n) is 10.8. The average Bonchev–Trinajstić information content (AvgIpc) is 2.35. The maximum absolute atomic E-state index is 11.6. The Morgan fingerprint density at radius 1 is 1.29 bits per heavy atom. The first-order chi connectivity index (χ1) is 8.21. The summed E-state index contributed by atoms with van der Waals surface area (Å²) in [4.78, 5) is 16.1. The van der Waals surface area contributed by atoms with E-state index in [0.717, 1.165) is 37.3 Å². The van der Waals surface area contributed by atoms with E-state index in [0.29, 0.717) is 5.56 Å². The highest BCUT2D eigenvalue weighted by Gasteiger charge is 2.07. The lowest BCUT2D eigenvalue weighted by atomic mass is 10.1. The molecule has 0 aliphatic heterocycles. The molecule has 0 aliphatic carbocycles. The fourth-order valence-corrected chi connectivity index (χ4v) is 1.59. The van der Waals surface area contributed by atoms with Gasteiger partial charge in [-0.3, -0.25) is 4.79 Å². The fourth-order valence-electron chi connectivity index (χ4n) is 1.59. The van der Waals surface area contributed by atoms with Crippen LogP contribution in [0.5, 0.6) is 0 Å². The van der Waals surface area contributed by atoms with Crippen molar-refractivity contribution in [2.24, 2.45) is 0 Å². The second kappa shape index (κ2) is 6.89. The number of nitrogens with one attached hydrogen (secondary N) is 2. The Bertz CT molecular complexity index is 377. The van der Waals surface area contributed by atoms with E-state index in [9.17, 15) is 4.79 Å². The summed E-state index contributed by atoms with van der Waals surface area (Å²) >= 11 is 0. The molecule has 0 aromatic carbocycles. The number of aryl methyl sites for hydroxylation is 1. The maximum Gasteiger partial charge on any atom is 0.251 e. The highest BCUT2D eigenvalue weighted by molar-refractivity contribution is 5.94. The molecule has 4 heteroatoms. The topological polar surface area (TPSA) is 54.0 Å². The molecule has 0 aliphatic rings. The first kappa shape index (κ1) is 13.5. The number of aromatic nitrogens is 1. The molecule has 17 heavy (non-hydrogen) atoms. The molecule has 0 radical (unpaired) electrons. The number of nitrogens with zero attached hydrogens (tertiary/aromatic N) is 1. The van der Waals surface area contributed by atoms with E-state index < -0.39 is 0 Å². The zero-order chi connectivity index (χ0) is 12.7. The van der Waals surface area contributed by atoms with Crippen molar-refractivity contribution in [3.63, 3.8) is 0 Å². The van der Waals surface area contributed by atoms with Crippen LogP contribution in [0.1, 0.15) is 42.7 Å². The second-order valence-corrected chi connectivity index (χ2v) is 3.99. The summed E-state index contributed by atoms with van der Waals surface area (Å²) in [5.74, 6) is 0.723. The van der Waals surface area contributed by atoms with Crippen molar-refractivity contribution in [3.8, 4) is 0 Å². The predicted molar refractivity (Wildman–Crippen MR) is 70.4 cm³/mol. The fraction of sp³-hybridized carbons (Fsp3) is 0.538. The summed E-state index contributed by atoms with van der Waals surface area (Å²) < 4.78 is 0. The molecule has 0 spiro atoms. The van der Waals surface area contributed by atoms with E-state index in [1.54, 1.807) is 13.1 Å². The lowest BCUT2D eigenvalue weighted by Gasteiger charge is -2.09. The third kappa shape index (κ3) is 4.06. The minimum Gasteiger partial charge on any atom is -0.370 e. The van der Waals surface area contributed by atoms with Crippen LogP contribution in [0.25, 0.3) is 0 Å². The third-order valence-corrected chi connectivity index (χ3v) is 2.43.